The van der Waals surface area contributed by atoms with Crippen molar-refractivity contribution >= 4 is 5.97 Å². The van der Waals surface area contributed by atoms with Gasteiger partial charge in [-0.05, 0) is 72.8 Å². The fourth-order valence-corrected chi connectivity index (χ4v) is 6.28. The Balaban J connectivity index is 1.70. The quantitative estimate of drug-likeness (QED) is 0.462. The van der Waals surface area contributed by atoms with Crippen LogP contribution in [-0.4, -0.2) is 22.0 Å². The van der Waals surface area contributed by atoms with Crippen LogP contribution < -0.4 is 0 Å². The van der Waals surface area contributed by atoms with E-state index in [0.717, 1.165) is 24.8 Å². The fourth-order valence-electron chi connectivity index (χ4n) is 6.28. The van der Waals surface area contributed by atoms with Crippen molar-refractivity contribution in [3.63, 3.8) is 0 Å². The van der Waals surface area contributed by atoms with E-state index in [9.17, 15) is 23.1 Å². The summed E-state index contributed by atoms with van der Waals surface area (Å²) in [5.41, 5.74) is 2.22. The zero-order valence-corrected chi connectivity index (χ0v) is 20.1. The van der Waals surface area contributed by atoms with Crippen LogP contribution in [0.2, 0.25) is 0 Å². The molecule has 2 saturated heterocycles. The van der Waals surface area contributed by atoms with Gasteiger partial charge < -0.3 is 5.11 Å². The van der Waals surface area contributed by atoms with Crippen molar-refractivity contribution in [3.8, 4) is 0 Å². The monoisotopic (exact) mass is 473 g/mol. The Morgan fingerprint density at radius 3 is 2.29 bits per heavy atom. The largest absolute Gasteiger partial charge is 0.481 e. The highest BCUT2D eigenvalue weighted by atomic mass is 19.4. The summed E-state index contributed by atoms with van der Waals surface area (Å²) in [5, 5.41) is 9.83. The molecule has 4 atom stereocenters. The molecule has 2 aliphatic rings. The molecule has 0 aromatic heterocycles. The molecule has 184 valence electrons. The van der Waals surface area contributed by atoms with Crippen molar-refractivity contribution < 1.29 is 23.1 Å². The van der Waals surface area contributed by atoms with Gasteiger partial charge in [-0.2, -0.15) is 13.2 Å². The third-order valence-electron chi connectivity index (χ3n) is 8.13. The van der Waals surface area contributed by atoms with E-state index in [1.807, 2.05) is 6.92 Å². The van der Waals surface area contributed by atoms with Crippen LogP contribution in [0.25, 0.3) is 0 Å². The van der Waals surface area contributed by atoms with E-state index in [0.29, 0.717) is 25.3 Å². The normalized spacial score (nSPS) is 26.1. The molecular weight excluding hydrogens is 439 g/mol. The molecule has 2 fully saturated rings. The lowest BCUT2D eigenvalue weighted by atomic mass is 9.71. The van der Waals surface area contributed by atoms with Crippen molar-refractivity contribution in [1.29, 1.82) is 0 Å². The minimum Gasteiger partial charge on any atom is -0.481 e. The van der Waals surface area contributed by atoms with Gasteiger partial charge in [-0.15, -0.1) is 0 Å². The predicted octanol–water partition coefficient (Wildman–Crippen LogP) is 7.21. The highest BCUT2D eigenvalue weighted by Gasteiger charge is 2.54. The van der Waals surface area contributed by atoms with Crippen LogP contribution in [0.5, 0.6) is 0 Å². The molecule has 0 radical (unpaired) electrons. The van der Waals surface area contributed by atoms with Gasteiger partial charge in [0.15, 0.2) is 0 Å². The number of fused-ring (bicyclic) bond motifs is 2. The van der Waals surface area contributed by atoms with E-state index in [4.69, 9.17) is 0 Å². The number of alkyl halides is 3. The summed E-state index contributed by atoms with van der Waals surface area (Å²) < 4.78 is 39.7. The van der Waals surface area contributed by atoms with E-state index in [2.05, 4.69) is 43.0 Å². The van der Waals surface area contributed by atoms with E-state index >= 15 is 0 Å². The summed E-state index contributed by atoms with van der Waals surface area (Å²) in [6.07, 6.45) is -0.581. The number of nitrogens with zero attached hydrogens (tertiary/aromatic N) is 1. The standard InChI is InChI=1S/C28H34F3NO2/c1-4-25(26(33)34)21-15-24-13-14-27(16-21,22-9-11-23(12-10-22)28(29,30)31)32(24)17-19-5-7-20(8-6-19)18(2)3/h5-12,18,21,24-25H,4,13-17H2,1-3H3,(H,33,34)/t21?,24-,25?,27-/m0/s1. The molecule has 2 unspecified atom stereocenters. The molecule has 4 rings (SSSR count). The molecule has 1 N–H and O–H groups in total. The average molecular weight is 474 g/mol. The van der Waals surface area contributed by atoms with Crippen LogP contribution in [0.4, 0.5) is 13.2 Å². The van der Waals surface area contributed by atoms with Gasteiger partial charge in [-0.3, -0.25) is 9.69 Å². The molecule has 3 nitrogen and oxygen atoms in total. The molecular formula is C28H34F3NO2. The Morgan fingerprint density at radius 1 is 1.12 bits per heavy atom. The number of hydrogen-bond acceptors (Lipinski definition) is 2. The molecule has 2 aromatic rings. The minimum atomic E-state index is -4.38. The number of rotatable bonds is 7. The van der Waals surface area contributed by atoms with Gasteiger partial charge in [0, 0.05) is 18.1 Å². The number of carboxylic acids is 1. The number of piperidine rings is 1. The summed E-state index contributed by atoms with van der Waals surface area (Å²) in [6.45, 7) is 6.94. The molecule has 0 spiro atoms. The maximum atomic E-state index is 13.2. The van der Waals surface area contributed by atoms with Crippen LogP contribution in [0, 0.1) is 11.8 Å². The highest BCUT2D eigenvalue weighted by molar-refractivity contribution is 5.70. The molecule has 2 heterocycles. The lowest BCUT2D eigenvalue weighted by Gasteiger charge is -2.49. The lowest BCUT2D eigenvalue weighted by molar-refractivity contribution is -0.146. The molecule has 34 heavy (non-hydrogen) atoms. The van der Waals surface area contributed by atoms with Crippen LogP contribution in [0.3, 0.4) is 0 Å². The average Bonchev–Trinajstić information content (AvgIpc) is 2.99. The third kappa shape index (κ3) is 4.61. The van der Waals surface area contributed by atoms with E-state index in [1.54, 1.807) is 12.1 Å². The minimum absolute atomic E-state index is 0.0110. The maximum absolute atomic E-state index is 13.2. The molecule has 2 aliphatic heterocycles. The van der Waals surface area contributed by atoms with Crippen LogP contribution in [0.15, 0.2) is 48.5 Å². The Bertz CT molecular complexity index is 1000. The van der Waals surface area contributed by atoms with Crippen molar-refractivity contribution in [2.24, 2.45) is 11.8 Å². The first-order chi connectivity index (χ1) is 16.0. The van der Waals surface area contributed by atoms with E-state index < -0.39 is 29.2 Å². The molecule has 2 aromatic carbocycles. The topological polar surface area (TPSA) is 40.5 Å². The Labute approximate surface area is 200 Å². The highest BCUT2D eigenvalue weighted by Crippen LogP contribution is 2.55. The smallest absolute Gasteiger partial charge is 0.416 e. The number of benzene rings is 2. The van der Waals surface area contributed by atoms with Gasteiger partial charge in [0.25, 0.3) is 0 Å². The van der Waals surface area contributed by atoms with Gasteiger partial charge >= 0.3 is 12.1 Å². The Kier molecular flexibility index (Phi) is 6.83. The number of halogens is 3. The van der Waals surface area contributed by atoms with Crippen LogP contribution in [-0.2, 0) is 23.1 Å². The number of carbonyl (C=O) groups is 1. The molecule has 0 saturated carbocycles. The van der Waals surface area contributed by atoms with Gasteiger partial charge in [0.05, 0.1) is 11.5 Å². The van der Waals surface area contributed by atoms with Crippen molar-refractivity contribution in [2.45, 2.75) is 83.1 Å². The molecule has 0 amide bonds. The van der Waals surface area contributed by atoms with E-state index in [1.165, 1.54) is 23.3 Å². The first kappa shape index (κ1) is 24.8. The zero-order chi connectivity index (χ0) is 24.7. The second-order valence-corrected chi connectivity index (χ2v) is 10.4. The SMILES string of the molecule is CCC(C(=O)O)C1C[C@@H]2CC[C@@](c3ccc(C(F)(F)F)cc3)(C1)N2Cc1ccc(C(C)C)cc1. The number of hydrogen-bond donors (Lipinski definition) is 1. The van der Waals surface area contributed by atoms with Gasteiger partial charge in [0.2, 0.25) is 0 Å². The van der Waals surface area contributed by atoms with Gasteiger partial charge in [-0.25, -0.2) is 0 Å². The van der Waals surface area contributed by atoms with Gasteiger partial charge in [0.1, 0.15) is 0 Å². The Morgan fingerprint density at radius 2 is 1.76 bits per heavy atom. The van der Waals surface area contributed by atoms with E-state index in [-0.39, 0.29) is 12.0 Å². The summed E-state index contributed by atoms with van der Waals surface area (Å²) in [4.78, 5) is 14.4. The van der Waals surface area contributed by atoms with Crippen LogP contribution in [0.1, 0.15) is 81.0 Å². The number of aliphatic carboxylic acids is 1. The van der Waals surface area contributed by atoms with Crippen LogP contribution >= 0.6 is 0 Å². The fraction of sp³-hybridized carbons (Fsp3) is 0.536. The summed E-state index contributed by atoms with van der Waals surface area (Å²) in [5.74, 6) is -0.743. The molecule has 2 bridgehead atoms. The molecule has 6 heteroatoms. The first-order valence-corrected chi connectivity index (χ1v) is 12.3. The predicted molar refractivity (Wildman–Crippen MR) is 126 cm³/mol. The summed E-state index contributed by atoms with van der Waals surface area (Å²) in [6, 6.07) is 14.4. The van der Waals surface area contributed by atoms with Crippen molar-refractivity contribution in [3.05, 3.63) is 70.8 Å². The number of carboxylic acid groups (broad SMARTS) is 1. The van der Waals surface area contributed by atoms with Crippen molar-refractivity contribution in [2.75, 3.05) is 0 Å². The lowest BCUT2D eigenvalue weighted by Crippen LogP contribution is -2.51. The maximum Gasteiger partial charge on any atom is 0.416 e. The third-order valence-corrected chi connectivity index (χ3v) is 8.13. The first-order valence-electron chi connectivity index (χ1n) is 12.3. The summed E-state index contributed by atoms with van der Waals surface area (Å²) >= 11 is 0. The second-order valence-electron chi connectivity index (χ2n) is 10.4. The van der Waals surface area contributed by atoms with Crippen molar-refractivity contribution in [1.82, 2.24) is 4.90 Å². The summed E-state index contributed by atoms with van der Waals surface area (Å²) in [7, 11) is 0. The zero-order valence-electron chi connectivity index (χ0n) is 20.1. The van der Waals surface area contributed by atoms with Gasteiger partial charge in [-0.1, -0.05) is 57.2 Å². The molecule has 0 aliphatic carbocycles. The second kappa shape index (κ2) is 9.37. The Hall–Kier alpha value is -2.34.